The summed E-state index contributed by atoms with van der Waals surface area (Å²) in [5.41, 5.74) is 1.43. The van der Waals surface area contributed by atoms with Crippen molar-refractivity contribution in [1.82, 2.24) is 15.1 Å². The predicted octanol–water partition coefficient (Wildman–Crippen LogP) is 5.05. The summed E-state index contributed by atoms with van der Waals surface area (Å²) < 4.78 is 5.84. The number of amides is 1. The maximum atomic E-state index is 12.6. The maximum absolute atomic E-state index is 12.6. The fourth-order valence-corrected chi connectivity index (χ4v) is 6.05. The fraction of sp³-hybridized carbons (Fsp3) is 0.667. The lowest BCUT2D eigenvalue weighted by molar-refractivity contribution is -0.129. The molecule has 2 heterocycles. The Bertz CT molecular complexity index is 823. The summed E-state index contributed by atoms with van der Waals surface area (Å²) in [5, 5.41) is 8.85. The smallest absolute Gasteiger partial charge is 0.277 e. The first kappa shape index (κ1) is 20.0. The van der Waals surface area contributed by atoms with Gasteiger partial charge in [0, 0.05) is 18.0 Å². The van der Waals surface area contributed by atoms with E-state index in [0.717, 1.165) is 42.4 Å². The molecule has 0 aliphatic heterocycles. The number of hydrogen-bond donors (Lipinski definition) is 0. The van der Waals surface area contributed by atoms with Crippen molar-refractivity contribution in [3.8, 4) is 10.8 Å². The summed E-state index contributed by atoms with van der Waals surface area (Å²) >= 11 is 3.12. The molecule has 0 aromatic carbocycles. The minimum atomic E-state index is 0.143. The van der Waals surface area contributed by atoms with E-state index in [4.69, 9.17) is 4.42 Å². The molecule has 1 amide bonds. The number of thioether (sulfide) groups is 1. The summed E-state index contributed by atoms with van der Waals surface area (Å²) in [6.45, 7) is 4.61. The molecule has 1 fully saturated rings. The second kappa shape index (κ2) is 8.57. The number of carbonyl (C=O) groups is 1. The van der Waals surface area contributed by atoms with Crippen LogP contribution < -0.4 is 0 Å². The Kier molecular flexibility index (Phi) is 6.11. The van der Waals surface area contributed by atoms with Crippen LogP contribution in [0.2, 0.25) is 0 Å². The van der Waals surface area contributed by atoms with Crippen LogP contribution in [0.15, 0.2) is 15.7 Å². The van der Waals surface area contributed by atoms with Crippen molar-refractivity contribution < 1.29 is 9.21 Å². The van der Waals surface area contributed by atoms with Crippen molar-refractivity contribution in [2.75, 3.05) is 12.8 Å². The molecule has 0 unspecified atom stereocenters. The van der Waals surface area contributed by atoms with E-state index >= 15 is 0 Å². The van der Waals surface area contributed by atoms with Crippen molar-refractivity contribution in [1.29, 1.82) is 0 Å². The van der Waals surface area contributed by atoms with Gasteiger partial charge in [0.2, 0.25) is 5.91 Å². The number of hydrogen-bond acceptors (Lipinski definition) is 6. The van der Waals surface area contributed by atoms with Gasteiger partial charge in [-0.05, 0) is 68.4 Å². The molecule has 1 atom stereocenters. The average Bonchev–Trinajstić information content (AvgIpc) is 3.32. The van der Waals surface area contributed by atoms with Gasteiger partial charge in [-0.2, -0.15) is 0 Å². The Hall–Kier alpha value is -1.34. The third-order valence-electron chi connectivity index (χ3n) is 6.19. The van der Waals surface area contributed by atoms with Crippen molar-refractivity contribution >= 4 is 29.0 Å². The van der Waals surface area contributed by atoms with Crippen LogP contribution in [-0.4, -0.2) is 39.8 Å². The number of nitrogens with zero attached hydrogens (tertiary/aromatic N) is 3. The van der Waals surface area contributed by atoms with Gasteiger partial charge in [-0.1, -0.05) is 25.6 Å². The number of fused-ring (bicyclic) bond motifs is 1. The number of aromatic nitrogens is 2. The number of rotatable bonds is 5. The normalized spacial score (nSPS) is 24.8. The molecule has 28 heavy (non-hydrogen) atoms. The number of aryl methyl sites for hydroxylation is 1. The largest absolute Gasteiger partial charge is 0.410 e. The van der Waals surface area contributed by atoms with E-state index in [0.29, 0.717) is 22.9 Å². The van der Waals surface area contributed by atoms with E-state index in [1.54, 1.807) is 11.3 Å². The van der Waals surface area contributed by atoms with E-state index in [9.17, 15) is 4.79 Å². The molecule has 4 rings (SSSR count). The molecule has 2 aromatic heterocycles. The van der Waals surface area contributed by atoms with Crippen molar-refractivity contribution in [3.63, 3.8) is 0 Å². The molecule has 1 saturated carbocycles. The van der Waals surface area contributed by atoms with Crippen molar-refractivity contribution in [2.45, 2.75) is 70.1 Å². The topological polar surface area (TPSA) is 59.2 Å². The highest BCUT2D eigenvalue weighted by atomic mass is 32.2. The lowest BCUT2D eigenvalue weighted by atomic mass is 9.87. The SMILES string of the molecule is CC1CCC(N(C)C(=O)CSc2nnc(-c3cc4c(s3)CC[C@@H](C)C4)o2)CC1. The van der Waals surface area contributed by atoms with Gasteiger partial charge in [0.1, 0.15) is 0 Å². The molecule has 2 aromatic rings. The Morgan fingerprint density at radius 3 is 2.79 bits per heavy atom. The van der Waals surface area contributed by atoms with Crippen LogP contribution in [0, 0.1) is 11.8 Å². The zero-order valence-electron chi connectivity index (χ0n) is 16.9. The summed E-state index contributed by atoms with van der Waals surface area (Å²) in [6, 6.07) is 2.59. The molecule has 2 aliphatic rings. The van der Waals surface area contributed by atoms with Gasteiger partial charge in [-0.15, -0.1) is 21.5 Å². The van der Waals surface area contributed by atoms with Gasteiger partial charge in [-0.25, -0.2) is 0 Å². The molecular weight excluding hydrogens is 390 g/mol. The molecule has 0 bridgehead atoms. The molecule has 2 aliphatic carbocycles. The highest BCUT2D eigenvalue weighted by molar-refractivity contribution is 7.99. The van der Waals surface area contributed by atoms with E-state index in [-0.39, 0.29) is 5.91 Å². The Balaban J connectivity index is 1.33. The van der Waals surface area contributed by atoms with Gasteiger partial charge in [0.15, 0.2) is 0 Å². The van der Waals surface area contributed by atoms with E-state index < -0.39 is 0 Å². The molecule has 152 valence electrons. The Morgan fingerprint density at radius 2 is 2.00 bits per heavy atom. The minimum absolute atomic E-state index is 0.143. The van der Waals surface area contributed by atoms with Crippen LogP contribution in [-0.2, 0) is 17.6 Å². The predicted molar refractivity (Wildman–Crippen MR) is 114 cm³/mol. The Morgan fingerprint density at radius 1 is 1.21 bits per heavy atom. The summed E-state index contributed by atoms with van der Waals surface area (Å²) in [7, 11) is 1.93. The van der Waals surface area contributed by atoms with Gasteiger partial charge >= 0.3 is 0 Å². The summed E-state index contributed by atoms with van der Waals surface area (Å²) in [5.74, 6) is 2.61. The van der Waals surface area contributed by atoms with Crippen LogP contribution in [0.1, 0.15) is 56.4 Å². The van der Waals surface area contributed by atoms with Gasteiger partial charge in [0.05, 0.1) is 10.6 Å². The molecule has 0 saturated heterocycles. The van der Waals surface area contributed by atoms with Crippen molar-refractivity contribution in [3.05, 3.63) is 16.5 Å². The first-order chi connectivity index (χ1) is 13.5. The zero-order chi connectivity index (χ0) is 19.7. The highest BCUT2D eigenvalue weighted by Gasteiger charge is 2.25. The van der Waals surface area contributed by atoms with Gasteiger partial charge < -0.3 is 9.32 Å². The second-order valence-electron chi connectivity index (χ2n) is 8.49. The lowest BCUT2D eigenvalue weighted by Crippen LogP contribution is -2.40. The van der Waals surface area contributed by atoms with Crippen molar-refractivity contribution in [2.24, 2.45) is 11.8 Å². The van der Waals surface area contributed by atoms with E-state index in [1.165, 1.54) is 41.5 Å². The maximum Gasteiger partial charge on any atom is 0.277 e. The van der Waals surface area contributed by atoms with E-state index in [2.05, 4.69) is 30.1 Å². The molecule has 0 radical (unpaired) electrons. The number of thiophene rings is 1. The quantitative estimate of drug-likeness (QED) is 0.635. The monoisotopic (exact) mass is 419 g/mol. The van der Waals surface area contributed by atoms with Crippen LogP contribution in [0.25, 0.3) is 10.8 Å². The third-order valence-corrected chi connectivity index (χ3v) is 8.22. The standard InChI is InChI=1S/C21H29N3O2S2/c1-13-4-7-16(8-5-13)24(3)19(25)12-27-21-23-22-20(26-21)18-11-15-10-14(2)6-9-17(15)28-18/h11,13-14,16H,4-10,12H2,1-3H3/t13?,14-,16?/m1/s1. The first-order valence-electron chi connectivity index (χ1n) is 10.3. The number of carbonyl (C=O) groups excluding carboxylic acids is 1. The van der Waals surface area contributed by atoms with Crippen LogP contribution in [0.5, 0.6) is 0 Å². The first-order valence-corrected chi connectivity index (χ1v) is 12.1. The minimum Gasteiger partial charge on any atom is -0.410 e. The molecular formula is C21H29N3O2S2. The van der Waals surface area contributed by atoms with Crippen LogP contribution in [0.3, 0.4) is 0 Å². The van der Waals surface area contributed by atoms with Crippen LogP contribution in [0.4, 0.5) is 0 Å². The van der Waals surface area contributed by atoms with E-state index in [1.807, 2.05) is 11.9 Å². The molecule has 5 nitrogen and oxygen atoms in total. The van der Waals surface area contributed by atoms with Gasteiger partial charge in [0.25, 0.3) is 11.1 Å². The lowest BCUT2D eigenvalue weighted by Gasteiger charge is -2.33. The van der Waals surface area contributed by atoms with Gasteiger partial charge in [-0.3, -0.25) is 4.79 Å². The second-order valence-corrected chi connectivity index (χ2v) is 10.6. The van der Waals surface area contributed by atoms with Crippen LogP contribution >= 0.6 is 23.1 Å². The third kappa shape index (κ3) is 4.46. The fourth-order valence-electron chi connectivity index (χ4n) is 4.24. The summed E-state index contributed by atoms with van der Waals surface area (Å²) in [6.07, 6.45) is 8.20. The zero-order valence-corrected chi connectivity index (χ0v) is 18.6. The summed E-state index contributed by atoms with van der Waals surface area (Å²) in [4.78, 5) is 17.0. The highest BCUT2D eigenvalue weighted by Crippen LogP contribution is 2.37. The molecule has 0 spiro atoms. The average molecular weight is 420 g/mol. The molecule has 7 heteroatoms. The Labute approximate surface area is 175 Å². The molecule has 0 N–H and O–H groups in total.